The van der Waals surface area contributed by atoms with Crippen LogP contribution in [0.3, 0.4) is 0 Å². The Hall–Kier alpha value is -3.13. The smallest absolute Gasteiger partial charge is 0.123 e. The SMILES string of the molecule is Cc1cccc(/C=C2\Cc3ccc(F)cc3-c3ccc(C)c(/C(O)=C\C(C)(C)C)c32)c1. The summed E-state index contributed by atoms with van der Waals surface area (Å²) in [5.41, 5.74) is 9.10. The molecule has 0 heterocycles. The maximum atomic E-state index is 14.2. The highest BCUT2D eigenvalue weighted by Crippen LogP contribution is 2.45. The molecule has 1 aliphatic carbocycles. The molecule has 0 saturated carbocycles. The van der Waals surface area contributed by atoms with Gasteiger partial charge in [-0.1, -0.05) is 74.9 Å². The van der Waals surface area contributed by atoms with Gasteiger partial charge in [-0.2, -0.15) is 0 Å². The van der Waals surface area contributed by atoms with E-state index in [1.54, 1.807) is 6.07 Å². The van der Waals surface area contributed by atoms with E-state index < -0.39 is 0 Å². The highest BCUT2D eigenvalue weighted by atomic mass is 19.1. The Morgan fingerprint density at radius 3 is 2.45 bits per heavy atom. The minimum Gasteiger partial charge on any atom is -0.508 e. The van der Waals surface area contributed by atoms with Crippen molar-refractivity contribution in [3.63, 3.8) is 0 Å². The second-order valence-electron chi connectivity index (χ2n) is 9.64. The lowest BCUT2D eigenvalue weighted by molar-refractivity contribution is 0.478. The van der Waals surface area contributed by atoms with Crippen LogP contribution >= 0.6 is 0 Å². The van der Waals surface area contributed by atoms with Crippen molar-refractivity contribution in [3.8, 4) is 11.1 Å². The Bertz CT molecular complexity index is 1220. The topological polar surface area (TPSA) is 20.2 Å². The molecule has 2 heteroatoms. The van der Waals surface area contributed by atoms with E-state index >= 15 is 0 Å². The van der Waals surface area contributed by atoms with Crippen molar-refractivity contribution in [2.24, 2.45) is 5.41 Å². The molecule has 0 spiro atoms. The number of benzene rings is 3. The van der Waals surface area contributed by atoms with E-state index in [0.717, 1.165) is 44.5 Å². The molecule has 3 aromatic rings. The van der Waals surface area contributed by atoms with Gasteiger partial charge < -0.3 is 5.11 Å². The van der Waals surface area contributed by atoms with Crippen LogP contribution in [0.25, 0.3) is 28.5 Å². The van der Waals surface area contributed by atoms with Crippen molar-refractivity contribution < 1.29 is 9.50 Å². The van der Waals surface area contributed by atoms with Crippen LogP contribution in [0.1, 0.15) is 54.2 Å². The summed E-state index contributed by atoms with van der Waals surface area (Å²) in [6.07, 6.45) is 4.79. The van der Waals surface area contributed by atoms with Gasteiger partial charge in [0.1, 0.15) is 11.6 Å². The van der Waals surface area contributed by atoms with Gasteiger partial charge in [-0.15, -0.1) is 0 Å². The number of aliphatic hydroxyl groups excluding tert-OH is 1. The fourth-order valence-corrected chi connectivity index (χ4v) is 4.41. The molecule has 1 nitrogen and oxygen atoms in total. The lowest BCUT2D eigenvalue weighted by atomic mass is 9.77. The van der Waals surface area contributed by atoms with Crippen molar-refractivity contribution in [1.29, 1.82) is 0 Å². The lowest BCUT2D eigenvalue weighted by Gasteiger charge is -2.27. The van der Waals surface area contributed by atoms with Crippen LogP contribution in [-0.4, -0.2) is 5.11 Å². The Kier molecular flexibility index (Phi) is 5.35. The Morgan fingerprint density at radius 2 is 1.74 bits per heavy atom. The first-order valence-electron chi connectivity index (χ1n) is 10.7. The normalized spacial score (nSPS) is 15.0. The molecule has 0 bridgehead atoms. The lowest BCUT2D eigenvalue weighted by Crippen LogP contribution is -2.10. The van der Waals surface area contributed by atoms with Crippen molar-refractivity contribution >= 4 is 17.4 Å². The van der Waals surface area contributed by atoms with E-state index in [9.17, 15) is 9.50 Å². The number of hydrogen-bond donors (Lipinski definition) is 1. The summed E-state index contributed by atoms with van der Waals surface area (Å²) >= 11 is 0. The predicted molar refractivity (Wildman–Crippen MR) is 129 cm³/mol. The molecule has 1 N–H and O–H groups in total. The summed E-state index contributed by atoms with van der Waals surface area (Å²) in [5, 5.41) is 11.2. The van der Waals surface area contributed by atoms with Crippen LogP contribution < -0.4 is 0 Å². The summed E-state index contributed by atoms with van der Waals surface area (Å²) in [6.45, 7) is 10.3. The van der Waals surface area contributed by atoms with E-state index in [-0.39, 0.29) is 17.0 Å². The fraction of sp³-hybridized carbons (Fsp3) is 0.241. The van der Waals surface area contributed by atoms with E-state index in [2.05, 4.69) is 64.1 Å². The minimum absolute atomic E-state index is 0.168. The first-order valence-corrected chi connectivity index (χ1v) is 10.7. The van der Waals surface area contributed by atoms with Gasteiger partial charge in [-0.3, -0.25) is 0 Å². The zero-order valence-corrected chi connectivity index (χ0v) is 18.9. The Labute approximate surface area is 184 Å². The molecule has 0 radical (unpaired) electrons. The molecule has 0 aromatic heterocycles. The zero-order valence-electron chi connectivity index (χ0n) is 18.9. The first-order chi connectivity index (χ1) is 14.6. The molecule has 3 aromatic carbocycles. The Balaban J connectivity index is 2.04. The third kappa shape index (κ3) is 4.34. The largest absolute Gasteiger partial charge is 0.508 e. The van der Waals surface area contributed by atoms with Gasteiger partial charge in [-0.05, 0) is 82.8 Å². The monoisotopic (exact) mass is 412 g/mol. The van der Waals surface area contributed by atoms with Crippen molar-refractivity contribution in [2.75, 3.05) is 0 Å². The molecule has 4 rings (SSSR count). The number of aryl methyl sites for hydroxylation is 2. The van der Waals surface area contributed by atoms with E-state index in [1.165, 1.54) is 11.6 Å². The zero-order chi connectivity index (χ0) is 22.3. The van der Waals surface area contributed by atoms with Crippen LogP contribution in [0.15, 0.2) is 60.7 Å². The minimum atomic E-state index is -0.243. The molecule has 0 atom stereocenters. The quantitative estimate of drug-likeness (QED) is 0.421. The second-order valence-corrected chi connectivity index (χ2v) is 9.64. The predicted octanol–water partition coefficient (Wildman–Crippen LogP) is 8.15. The van der Waals surface area contributed by atoms with Crippen LogP contribution in [0.5, 0.6) is 0 Å². The summed E-state index contributed by atoms with van der Waals surface area (Å²) in [5.74, 6) is 0.0317. The van der Waals surface area contributed by atoms with Gasteiger partial charge in [0.25, 0.3) is 0 Å². The molecule has 158 valence electrons. The molecule has 31 heavy (non-hydrogen) atoms. The van der Waals surface area contributed by atoms with Gasteiger partial charge in [0.05, 0.1) is 0 Å². The highest BCUT2D eigenvalue weighted by molar-refractivity contribution is 5.99. The average Bonchev–Trinajstić information content (AvgIpc) is 2.67. The number of fused-ring (bicyclic) bond motifs is 3. The fourth-order valence-electron chi connectivity index (χ4n) is 4.41. The van der Waals surface area contributed by atoms with Gasteiger partial charge in [0.2, 0.25) is 0 Å². The summed E-state index contributed by atoms with van der Waals surface area (Å²) in [7, 11) is 0. The van der Waals surface area contributed by atoms with Gasteiger partial charge in [0.15, 0.2) is 0 Å². The third-order valence-corrected chi connectivity index (χ3v) is 5.69. The van der Waals surface area contributed by atoms with Crippen LogP contribution in [0.2, 0.25) is 0 Å². The summed E-state index contributed by atoms with van der Waals surface area (Å²) < 4.78 is 14.2. The molecule has 0 aliphatic heterocycles. The van der Waals surface area contributed by atoms with E-state index in [0.29, 0.717) is 6.42 Å². The average molecular weight is 413 g/mol. The maximum absolute atomic E-state index is 14.2. The highest BCUT2D eigenvalue weighted by Gasteiger charge is 2.26. The molecule has 0 unspecified atom stereocenters. The standard InChI is InChI=1S/C29H29FO/c1-18-7-6-8-20(13-18)14-22-15-21-10-11-23(30)16-25(21)24-12-9-19(2)27(28(22)24)26(31)17-29(3,4)5/h6-14,16-17,31H,15H2,1-5H3/b22-14+,26-17+. The first kappa shape index (κ1) is 21.1. The van der Waals surface area contributed by atoms with Gasteiger partial charge in [-0.25, -0.2) is 4.39 Å². The number of hydrogen-bond acceptors (Lipinski definition) is 1. The number of halogens is 1. The molecule has 0 amide bonds. The summed E-state index contributed by atoms with van der Waals surface area (Å²) in [4.78, 5) is 0. The van der Waals surface area contributed by atoms with Gasteiger partial charge >= 0.3 is 0 Å². The van der Waals surface area contributed by atoms with Crippen LogP contribution in [-0.2, 0) is 6.42 Å². The van der Waals surface area contributed by atoms with Crippen LogP contribution in [0.4, 0.5) is 4.39 Å². The number of aliphatic hydroxyl groups is 1. The maximum Gasteiger partial charge on any atom is 0.123 e. The van der Waals surface area contributed by atoms with Crippen molar-refractivity contribution in [3.05, 3.63) is 99.9 Å². The second kappa shape index (κ2) is 7.85. The van der Waals surface area contributed by atoms with Gasteiger partial charge in [0, 0.05) is 5.56 Å². The van der Waals surface area contributed by atoms with Crippen LogP contribution in [0, 0.1) is 25.1 Å². The summed E-state index contributed by atoms with van der Waals surface area (Å²) in [6, 6.07) is 17.5. The molecule has 0 fully saturated rings. The number of rotatable bonds is 2. The van der Waals surface area contributed by atoms with E-state index in [4.69, 9.17) is 0 Å². The van der Waals surface area contributed by atoms with E-state index in [1.807, 2.05) is 25.1 Å². The third-order valence-electron chi connectivity index (χ3n) is 5.69. The molecular formula is C29H29FO. The molecule has 1 aliphatic rings. The van der Waals surface area contributed by atoms with Crippen molar-refractivity contribution in [2.45, 2.75) is 41.0 Å². The molecule has 0 saturated heterocycles. The number of allylic oxidation sites excluding steroid dienone is 2. The van der Waals surface area contributed by atoms with Crippen molar-refractivity contribution in [1.82, 2.24) is 0 Å². The molecular weight excluding hydrogens is 383 g/mol. The Morgan fingerprint density at radius 1 is 0.968 bits per heavy atom.